The van der Waals surface area contributed by atoms with Crippen LogP contribution in [0, 0.1) is 11.3 Å². The van der Waals surface area contributed by atoms with Crippen LogP contribution in [0.15, 0.2) is 18.2 Å². The van der Waals surface area contributed by atoms with E-state index in [4.69, 9.17) is 0 Å². The van der Waals surface area contributed by atoms with Crippen LogP contribution in [0.2, 0.25) is 0 Å². The molecular weight excluding hydrogens is 344 g/mol. The largest absolute Gasteiger partial charge is 0.504 e. The van der Waals surface area contributed by atoms with Crippen molar-refractivity contribution in [1.82, 2.24) is 10.6 Å². The van der Waals surface area contributed by atoms with Crippen molar-refractivity contribution < 1.29 is 19.8 Å². The second-order valence-electron chi connectivity index (χ2n) is 7.49. The minimum absolute atomic E-state index is 0.00417. The summed E-state index contributed by atoms with van der Waals surface area (Å²) in [4.78, 5) is 24.9. The summed E-state index contributed by atoms with van der Waals surface area (Å²) >= 11 is 0. The number of benzene rings is 1. The lowest BCUT2D eigenvalue weighted by atomic mass is 9.78. The number of unbranched alkanes of at least 4 members (excludes halogenated alkanes) is 1. The third-order valence-electron chi connectivity index (χ3n) is 5.10. The SMILES string of the molecule is CCCCNC(=O)C(C)CC(C)(CC)C(=O)NCCc1ccc(O)c(O)c1. The Morgan fingerprint density at radius 3 is 2.41 bits per heavy atom. The van der Waals surface area contributed by atoms with Crippen LogP contribution in [0.4, 0.5) is 0 Å². The van der Waals surface area contributed by atoms with E-state index in [0.717, 1.165) is 18.4 Å². The van der Waals surface area contributed by atoms with Crippen LogP contribution in [-0.2, 0) is 16.0 Å². The summed E-state index contributed by atoms with van der Waals surface area (Å²) in [6.07, 6.45) is 3.67. The maximum atomic E-state index is 12.7. The Labute approximate surface area is 162 Å². The fraction of sp³-hybridized carbons (Fsp3) is 0.619. The fourth-order valence-electron chi connectivity index (χ4n) is 2.99. The molecular formula is C21H34N2O4. The van der Waals surface area contributed by atoms with E-state index in [9.17, 15) is 19.8 Å². The first-order valence-corrected chi connectivity index (χ1v) is 9.80. The molecule has 0 fully saturated rings. The zero-order valence-electron chi connectivity index (χ0n) is 17.0. The number of amides is 2. The molecule has 2 atom stereocenters. The Bertz CT molecular complexity index is 633. The molecule has 1 rings (SSSR count). The van der Waals surface area contributed by atoms with Crippen molar-refractivity contribution in [2.24, 2.45) is 11.3 Å². The number of hydrogen-bond acceptors (Lipinski definition) is 4. The molecule has 152 valence electrons. The Morgan fingerprint density at radius 2 is 1.81 bits per heavy atom. The highest BCUT2D eigenvalue weighted by Crippen LogP contribution is 2.30. The molecule has 1 aromatic rings. The molecule has 0 spiro atoms. The maximum Gasteiger partial charge on any atom is 0.225 e. The quantitative estimate of drug-likeness (QED) is 0.351. The van der Waals surface area contributed by atoms with Crippen molar-refractivity contribution in [1.29, 1.82) is 0 Å². The molecule has 0 aromatic heterocycles. The summed E-state index contributed by atoms with van der Waals surface area (Å²) in [7, 11) is 0. The predicted molar refractivity (Wildman–Crippen MR) is 107 cm³/mol. The van der Waals surface area contributed by atoms with Crippen LogP contribution in [-0.4, -0.2) is 35.1 Å². The molecule has 6 nitrogen and oxygen atoms in total. The molecule has 0 aliphatic heterocycles. The molecule has 2 amide bonds. The van der Waals surface area contributed by atoms with Gasteiger partial charge in [-0.3, -0.25) is 9.59 Å². The summed E-state index contributed by atoms with van der Waals surface area (Å²) in [5.74, 6) is -0.629. The van der Waals surface area contributed by atoms with Crippen molar-refractivity contribution in [3.8, 4) is 11.5 Å². The van der Waals surface area contributed by atoms with E-state index in [1.165, 1.54) is 12.1 Å². The highest BCUT2D eigenvalue weighted by atomic mass is 16.3. The molecule has 1 aromatic carbocycles. The third-order valence-corrected chi connectivity index (χ3v) is 5.10. The fourth-order valence-corrected chi connectivity index (χ4v) is 2.99. The molecule has 2 unspecified atom stereocenters. The van der Waals surface area contributed by atoms with E-state index in [0.29, 0.717) is 32.4 Å². The van der Waals surface area contributed by atoms with Crippen molar-refractivity contribution in [3.05, 3.63) is 23.8 Å². The first kappa shape index (κ1) is 22.8. The van der Waals surface area contributed by atoms with Crippen LogP contribution in [0.5, 0.6) is 11.5 Å². The average molecular weight is 379 g/mol. The summed E-state index contributed by atoms with van der Waals surface area (Å²) in [6.45, 7) is 8.89. The standard InChI is InChI=1S/C21H34N2O4/c1-5-7-11-22-19(26)15(3)14-21(4,6-2)20(27)23-12-10-16-8-9-17(24)18(25)13-16/h8-9,13,15,24-25H,5-7,10-12,14H2,1-4H3,(H,22,26)(H,23,27). The monoisotopic (exact) mass is 378 g/mol. The zero-order chi connectivity index (χ0) is 20.4. The molecule has 6 heteroatoms. The highest BCUT2D eigenvalue weighted by Gasteiger charge is 2.34. The first-order valence-electron chi connectivity index (χ1n) is 9.80. The van der Waals surface area contributed by atoms with Gasteiger partial charge in [0.2, 0.25) is 11.8 Å². The van der Waals surface area contributed by atoms with Gasteiger partial charge in [0, 0.05) is 24.4 Å². The number of rotatable bonds is 11. The molecule has 0 radical (unpaired) electrons. The number of nitrogens with one attached hydrogen (secondary N) is 2. The Hall–Kier alpha value is -2.24. The first-order chi connectivity index (χ1) is 12.7. The number of aromatic hydroxyl groups is 2. The van der Waals surface area contributed by atoms with Gasteiger partial charge in [-0.15, -0.1) is 0 Å². The average Bonchev–Trinajstić information content (AvgIpc) is 2.64. The van der Waals surface area contributed by atoms with Gasteiger partial charge in [0.05, 0.1) is 0 Å². The van der Waals surface area contributed by atoms with Crippen LogP contribution < -0.4 is 10.6 Å². The predicted octanol–water partition coefficient (Wildman–Crippen LogP) is 3.12. The van der Waals surface area contributed by atoms with E-state index in [2.05, 4.69) is 17.6 Å². The molecule has 4 N–H and O–H groups in total. The second-order valence-corrected chi connectivity index (χ2v) is 7.49. The number of phenolic OH excluding ortho intramolecular Hbond substituents is 2. The van der Waals surface area contributed by atoms with Gasteiger partial charge in [-0.1, -0.05) is 40.2 Å². The van der Waals surface area contributed by atoms with Crippen LogP contribution in [0.1, 0.15) is 58.9 Å². The van der Waals surface area contributed by atoms with Gasteiger partial charge in [-0.2, -0.15) is 0 Å². The lowest BCUT2D eigenvalue weighted by Gasteiger charge is -2.29. The number of carbonyl (C=O) groups is 2. The zero-order valence-corrected chi connectivity index (χ0v) is 17.0. The lowest BCUT2D eigenvalue weighted by molar-refractivity contribution is -0.133. The number of carbonyl (C=O) groups excluding carboxylic acids is 2. The summed E-state index contributed by atoms with van der Waals surface area (Å²) < 4.78 is 0. The van der Waals surface area contributed by atoms with E-state index in [1.807, 2.05) is 20.8 Å². The Morgan fingerprint density at radius 1 is 1.11 bits per heavy atom. The normalized spacial score (nSPS) is 14.2. The molecule has 0 saturated heterocycles. The van der Waals surface area contributed by atoms with Crippen molar-refractivity contribution in [3.63, 3.8) is 0 Å². The van der Waals surface area contributed by atoms with Crippen molar-refractivity contribution >= 4 is 11.8 Å². The molecule has 0 aliphatic carbocycles. The van der Waals surface area contributed by atoms with Gasteiger partial charge < -0.3 is 20.8 Å². The maximum absolute atomic E-state index is 12.7. The number of phenols is 2. The van der Waals surface area contributed by atoms with Crippen LogP contribution in [0.25, 0.3) is 0 Å². The second kappa shape index (κ2) is 10.8. The smallest absolute Gasteiger partial charge is 0.225 e. The summed E-state index contributed by atoms with van der Waals surface area (Å²) in [6, 6.07) is 4.63. The van der Waals surface area contributed by atoms with Gasteiger partial charge in [0.1, 0.15) is 0 Å². The molecule has 27 heavy (non-hydrogen) atoms. The molecule has 0 heterocycles. The summed E-state index contributed by atoms with van der Waals surface area (Å²) in [5, 5.41) is 24.7. The van der Waals surface area contributed by atoms with E-state index < -0.39 is 5.41 Å². The minimum atomic E-state index is -0.612. The Balaban J connectivity index is 2.55. The van der Waals surface area contributed by atoms with Crippen LogP contribution >= 0.6 is 0 Å². The van der Waals surface area contributed by atoms with Gasteiger partial charge in [0.25, 0.3) is 0 Å². The lowest BCUT2D eigenvalue weighted by Crippen LogP contribution is -2.42. The molecule has 0 aliphatic rings. The van der Waals surface area contributed by atoms with Gasteiger partial charge in [-0.25, -0.2) is 0 Å². The van der Waals surface area contributed by atoms with Crippen molar-refractivity contribution in [2.75, 3.05) is 13.1 Å². The third kappa shape index (κ3) is 7.12. The van der Waals surface area contributed by atoms with Crippen LogP contribution in [0.3, 0.4) is 0 Å². The topological polar surface area (TPSA) is 98.7 Å². The van der Waals surface area contributed by atoms with E-state index in [-0.39, 0.29) is 29.2 Å². The molecule has 0 saturated carbocycles. The van der Waals surface area contributed by atoms with Gasteiger partial charge >= 0.3 is 0 Å². The van der Waals surface area contributed by atoms with Crippen molar-refractivity contribution in [2.45, 2.75) is 59.8 Å². The highest BCUT2D eigenvalue weighted by molar-refractivity contribution is 5.84. The number of hydrogen-bond donors (Lipinski definition) is 4. The van der Waals surface area contributed by atoms with E-state index in [1.54, 1.807) is 6.07 Å². The Kier molecular flexibility index (Phi) is 9.12. The summed E-state index contributed by atoms with van der Waals surface area (Å²) in [5.41, 5.74) is 0.214. The van der Waals surface area contributed by atoms with Gasteiger partial charge in [0.15, 0.2) is 11.5 Å². The van der Waals surface area contributed by atoms with E-state index >= 15 is 0 Å². The minimum Gasteiger partial charge on any atom is -0.504 e. The molecule has 0 bridgehead atoms. The van der Waals surface area contributed by atoms with Gasteiger partial charge in [-0.05, 0) is 43.4 Å².